The van der Waals surface area contributed by atoms with Crippen LogP contribution in [-0.2, 0) is 16.0 Å². The lowest BCUT2D eigenvalue weighted by molar-refractivity contribution is -0.138. The number of likely N-dealkylation sites (tertiary alicyclic amines) is 1. The summed E-state index contributed by atoms with van der Waals surface area (Å²) in [7, 11) is 1.59. The Labute approximate surface area is 162 Å². The molecule has 1 aliphatic heterocycles. The second kappa shape index (κ2) is 8.53. The Morgan fingerprint density at radius 3 is 2.64 bits per heavy atom. The first-order valence-corrected chi connectivity index (χ1v) is 8.80. The van der Waals surface area contributed by atoms with Crippen LogP contribution in [0.15, 0.2) is 48.5 Å². The van der Waals surface area contributed by atoms with Crippen molar-refractivity contribution in [2.45, 2.75) is 18.9 Å². The Bertz CT molecular complexity index is 882. The zero-order chi connectivity index (χ0) is 20.1. The zero-order valence-electron chi connectivity index (χ0n) is 15.3. The summed E-state index contributed by atoms with van der Waals surface area (Å²) in [6, 6.07) is 12.4. The normalized spacial score (nSPS) is 16.3. The molecule has 3 amide bonds. The van der Waals surface area contributed by atoms with Crippen molar-refractivity contribution < 1.29 is 24.2 Å². The van der Waals surface area contributed by atoms with Crippen LogP contribution in [0.2, 0.25) is 0 Å². The van der Waals surface area contributed by atoms with Gasteiger partial charge in [-0.25, -0.2) is 5.43 Å². The van der Waals surface area contributed by atoms with Gasteiger partial charge in [-0.1, -0.05) is 18.2 Å². The van der Waals surface area contributed by atoms with E-state index in [9.17, 15) is 19.5 Å². The topological polar surface area (TPSA) is 108 Å². The van der Waals surface area contributed by atoms with E-state index >= 15 is 0 Å². The number of hydrogen-bond acceptors (Lipinski definition) is 6. The predicted molar refractivity (Wildman–Crippen MR) is 101 cm³/mol. The minimum absolute atomic E-state index is 0.0260. The minimum atomic E-state index is -0.815. The van der Waals surface area contributed by atoms with Crippen LogP contribution in [0.4, 0.5) is 0 Å². The molecule has 28 heavy (non-hydrogen) atoms. The van der Waals surface area contributed by atoms with Crippen LogP contribution < -0.4 is 15.6 Å². The Balaban J connectivity index is 1.53. The summed E-state index contributed by atoms with van der Waals surface area (Å²) >= 11 is 0. The molecule has 0 unspecified atom stereocenters. The third-order valence-corrected chi connectivity index (χ3v) is 4.50. The minimum Gasteiger partial charge on any atom is -0.508 e. The molecule has 0 saturated carbocycles. The third-order valence-electron chi connectivity index (χ3n) is 4.50. The standard InChI is InChI=1S/C20H21N3O5/c1-28-16-7-5-13(6-8-16)9-10-23-18(25)12-17(20(23)27)21-22-19(26)14-3-2-4-15(24)11-14/h2-8,11,17,21,24H,9-10,12H2,1H3,(H,22,26)/t17-/m1/s1. The molecule has 0 spiro atoms. The lowest BCUT2D eigenvalue weighted by atomic mass is 10.1. The van der Waals surface area contributed by atoms with Crippen LogP contribution >= 0.6 is 0 Å². The molecule has 8 heteroatoms. The molecule has 146 valence electrons. The highest BCUT2D eigenvalue weighted by atomic mass is 16.5. The lowest BCUT2D eigenvalue weighted by Gasteiger charge is -2.16. The van der Waals surface area contributed by atoms with Gasteiger partial charge in [0.2, 0.25) is 11.8 Å². The summed E-state index contributed by atoms with van der Waals surface area (Å²) in [5.41, 5.74) is 6.24. The number of methoxy groups -OCH3 is 1. The highest BCUT2D eigenvalue weighted by Gasteiger charge is 2.38. The SMILES string of the molecule is COc1ccc(CCN2C(=O)C[C@@H](NNC(=O)c3cccc(O)c3)C2=O)cc1. The van der Waals surface area contributed by atoms with Gasteiger partial charge in [-0.05, 0) is 42.3 Å². The Kier molecular flexibility index (Phi) is 5.90. The van der Waals surface area contributed by atoms with E-state index in [0.717, 1.165) is 11.3 Å². The number of rotatable bonds is 7. The van der Waals surface area contributed by atoms with Crippen LogP contribution in [-0.4, -0.2) is 47.4 Å². The van der Waals surface area contributed by atoms with Crippen molar-refractivity contribution in [2.75, 3.05) is 13.7 Å². The molecular weight excluding hydrogens is 362 g/mol. The van der Waals surface area contributed by atoms with Crippen molar-refractivity contribution in [3.05, 3.63) is 59.7 Å². The summed E-state index contributed by atoms with van der Waals surface area (Å²) in [5.74, 6) is -0.474. The van der Waals surface area contributed by atoms with Gasteiger partial charge in [-0.2, -0.15) is 0 Å². The molecule has 0 radical (unpaired) electrons. The number of benzene rings is 2. The van der Waals surface area contributed by atoms with Gasteiger partial charge in [-0.3, -0.25) is 24.7 Å². The van der Waals surface area contributed by atoms with E-state index in [1.165, 1.54) is 29.2 Å². The zero-order valence-corrected chi connectivity index (χ0v) is 15.3. The average Bonchev–Trinajstić information content (AvgIpc) is 2.97. The van der Waals surface area contributed by atoms with Gasteiger partial charge in [0.1, 0.15) is 17.5 Å². The highest BCUT2D eigenvalue weighted by molar-refractivity contribution is 6.05. The maximum absolute atomic E-state index is 12.5. The van der Waals surface area contributed by atoms with Gasteiger partial charge in [-0.15, -0.1) is 0 Å². The molecule has 1 saturated heterocycles. The molecular formula is C20H21N3O5. The fourth-order valence-corrected chi connectivity index (χ4v) is 2.94. The van der Waals surface area contributed by atoms with E-state index in [4.69, 9.17) is 4.74 Å². The second-order valence-electron chi connectivity index (χ2n) is 6.39. The highest BCUT2D eigenvalue weighted by Crippen LogP contribution is 2.16. The van der Waals surface area contributed by atoms with Crippen LogP contribution in [0.3, 0.4) is 0 Å². The number of phenols is 1. The van der Waals surface area contributed by atoms with Gasteiger partial charge in [0.05, 0.1) is 13.5 Å². The first-order chi connectivity index (χ1) is 13.5. The Morgan fingerprint density at radius 2 is 1.96 bits per heavy atom. The number of amides is 3. The fourth-order valence-electron chi connectivity index (χ4n) is 2.94. The third kappa shape index (κ3) is 4.47. The predicted octanol–water partition coefficient (Wildman–Crippen LogP) is 1.01. The summed E-state index contributed by atoms with van der Waals surface area (Å²) in [6.45, 7) is 0.267. The number of imide groups is 1. The molecule has 1 fully saturated rings. The number of ether oxygens (including phenoxy) is 1. The summed E-state index contributed by atoms with van der Waals surface area (Å²) in [4.78, 5) is 37.9. The van der Waals surface area contributed by atoms with Gasteiger partial charge < -0.3 is 9.84 Å². The quantitative estimate of drug-likeness (QED) is 0.486. The molecule has 0 aromatic heterocycles. The number of aromatic hydroxyl groups is 1. The number of hydrogen-bond donors (Lipinski definition) is 3. The first-order valence-electron chi connectivity index (χ1n) is 8.80. The smallest absolute Gasteiger partial charge is 0.265 e. The van der Waals surface area contributed by atoms with E-state index in [2.05, 4.69) is 10.9 Å². The molecule has 3 rings (SSSR count). The molecule has 0 bridgehead atoms. The first kappa shape index (κ1) is 19.4. The van der Waals surface area contributed by atoms with Crippen LogP contribution in [0.25, 0.3) is 0 Å². The van der Waals surface area contributed by atoms with Crippen LogP contribution in [0, 0.1) is 0 Å². The van der Waals surface area contributed by atoms with Crippen molar-refractivity contribution in [1.29, 1.82) is 0 Å². The van der Waals surface area contributed by atoms with Crippen molar-refractivity contribution in [3.8, 4) is 11.5 Å². The molecule has 1 heterocycles. The van der Waals surface area contributed by atoms with Crippen molar-refractivity contribution >= 4 is 17.7 Å². The molecule has 2 aromatic carbocycles. The Morgan fingerprint density at radius 1 is 1.21 bits per heavy atom. The summed E-state index contributed by atoms with van der Waals surface area (Å²) in [6.07, 6.45) is 0.506. The lowest BCUT2D eigenvalue weighted by Crippen LogP contribution is -2.48. The van der Waals surface area contributed by atoms with Crippen molar-refractivity contribution in [1.82, 2.24) is 15.8 Å². The number of carbonyl (C=O) groups is 3. The van der Waals surface area contributed by atoms with E-state index in [0.29, 0.717) is 6.42 Å². The van der Waals surface area contributed by atoms with Gasteiger partial charge in [0, 0.05) is 12.1 Å². The van der Waals surface area contributed by atoms with E-state index < -0.39 is 11.9 Å². The number of carbonyl (C=O) groups excluding carboxylic acids is 3. The maximum atomic E-state index is 12.5. The monoisotopic (exact) mass is 383 g/mol. The Hall–Kier alpha value is -3.39. The van der Waals surface area contributed by atoms with Crippen LogP contribution in [0.5, 0.6) is 11.5 Å². The molecule has 2 aromatic rings. The second-order valence-corrected chi connectivity index (χ2v) is 6.39. The number of hydrazine groups is 1. The molecule has 3 N–H and O–H groups in total. The average molecular weight is 383 g/mol. The summed E-state index contributed by atoms with van der Waals surface area (Å²) in [5, 5.41) is 9.42. The van der Waals surface area contributed by atoms with E-state index in [-0.39, 0.29) is 36.1 Å². The maximum Gasteiger partial charge on any atom is 0.265 e. The molecule has 8 nitrogen and oxygen atoms in total. The number of nitrogens with one attached hydrogen (secondary N) is 2. The van der Waals surface area contributed by atoms with Crippen molar-refractivity contribution in [2.24, 2.45) is 0 Å². The van der Waals surface area contributed by atoms with E-state index in [1.807, 2.05) is 24.3 Å². The number of phenolic OH excluding ortho intramolecular Hbond substituents is 1. The molecule has 1 atom stereocenters. The van der Waals surface area contributed by atoms with Crippen LogP contribution in [0.1, 0.15) is 22.3 Å². The van der Waals surface area contributed by atoms with Gasteiger partial charge in [0.15, 0.2) is 0 Å². The van der Waals surface area contributed by atoms with Gasteiger partial charge in [0.25, 0.3) is 5.91 Å². The largest absolute Gasteiger partial charge is 0.508 e. The van der Waals surface area contributed by atoms with Crippen molar-refractivity contribution in [3.63, 3.8) is 0 Å². The number of nitrogens with zero attached hydrogens (tertiary/aromatic N) is 1. The van der Waals surface area contributed by atoms with Gasteiger partial charge >= 0.3 is 0 Å². The fraction of sp³-hybridized carbons (Fsp3) is 0.250. The van der Waals surface area contributed by atoms with E-state index in [1.54, 1.807) is 7.11 Å². The summed E-state index contributed by atoms with van der Waals surface area (Å²) < 4.78 is 5.10. The molecule has 0 aliphatic carbocycles. The molecule has 1 aliphatic rings.